The molecule has 0 spiro atoms. The van der Waals surface area contributed by atoms with Crippen molar-refractivity contribution in [2.75, 3.05) is 0 Å². The molecule has 0 saturated heterocycles. The standard InChI is InChI=1S/C11H9N3O7/c15-8(5-9(16)17)10(11(18)19)13-12-6-1-3-7(4-2-6)14(20)21/h1-4,15H,5H2,(H,16,17)(H,18,19). The van der Waals surface area contributed by atoms with E-state index in [0.717, 1.165) is 12.1 Å². The molecule has 10 heteroatoms. The third-order valence-corrected chi connectivity index (χ3v) is 2.12. The van der Waals surface area contributed by atoms with Gasteiger partial charge in [0.05, 0.1) is 10.6 Å². The van der Waals surface area contributed by atoms with E-state index >= 15 is 0 Å². The number of nitro benzene ring substituents is 1. The molecule has 0 aliphatic rings. The third-order valence-electron chi connectivity index (χ3n) is 2.12. The zero-order chi connectivity index (χ0) is 16.0. The number of aliphatic hydroxyl groups is 1. The van der Waals surface area contributed by atoms with Crippen molar-refractivity contribution in [3.8, 4) is 0 Å². The van der Waals surface area contributed by atoms with Crippen LogP contribution in [0.15, 0.2) is 46.0 Å². The molecule has 0 aromatic heterocycles. The quantitative estimate of drug-likeness (QED) is 0.237. The highest BCUT2D eigenvalue weighted by atomic mass is 16.6. The molecular weight excluding hydrogens is 286 g/mol. The molecular formula is C11H9N3O7. The van der Waals surface area contributed by atoms with Crippen LogP contribution in [0.5, 0.6) is 0 Å². The Labute approximate surface area is 116 Å². The van der Waals surface area contributed by atoms with Crippen molar-refractivity contribution in [1.29, 1.82) is 0 Å². The molecule has 0 unspecified atom stereocenters. The van der Waals surface area contributed by atoms with E-state index in [1.165, 1.54) is 12.1 Å². The monoisotopic (exact) mass is 295 g/mol. The van der Waals surface area contributed by atoms with Gasteiger partial charge in [0.25, 0.3) is 5.69 Å². The molecule has 0 atom stereocenters. The van der Waals surface area contributed by atoms with Crippen LogP contribution in [0.25, 0.3) is 0 Å². The van der Waals surface area contributed by atoms with Crippen LogP contribution in [0.4, 0.5) is 11.4 Å². The second kappa shape index (κ2) is 6.75. The second-order valence-corrected chi connectivity index (χ2v) is 3.64. The van der Waals surface area contributed by atoms with Gasteiger partial charge in [0.1, 0.15) is 12.2 Å². The van der Waals surface area contributed by atoms with Crippen LogP contribution in [0.3, 0.4) is 0 Å². The highest BCUT2D eigenvalue weighted by molar-refractivity contribution is 5.87. The summed E-state index contributed by atoms with van der Waals surface area (Å²) < 4.78 is 0. The molecule has 0 aliphatic carbocycles. The molecule has 10 nitrogen and oxygen atoms in total. The van der Waals surface area contributed by atoms with Gasteiger partial charge in [-0.25, -0.2) is 4.79 Å². The Kier molecular flexibility index (Phi) is 5.06. The van der Waals surface area contributed by atoms with Crippen molar-refractivity contribution in [2.24, 2.45) is 10.2 Å². The Morgan fingerprint density at radius 3 is 2.14 bits per heavy atom. The van der Waals surface area contributed by atoms with E-state index in [1.54, 1.807) is 0 Å². The first kappa shape index (κ1) is 15.8. The summed E-state index contributed by atoms with van der Waals surface area (Å²) in [5, 5.41) is 43.7. The fourth-order valence-electron chi connectivity index (χ4n) is 1.20. The fourth-order valence-corrected chi connectivity index (χ4v) is 1.20. The number of carbonyl (C=O) groups is 2. The minimum Gasteiger partial charge on any atom is -0.509 e. The van der Waals surface area contributed by atoms with Crippen molar-refractivity contribution >= 4 is 23.3 Å². The van der Waals surface area contributed by atoms with Crippen LogP contribution in [0.1, 0.15) is 6.42 Å². The van der Waals surface area contributed by atoms with Crippen molar-refractivity contribution < 1.29 is 29.8 Å². The second-order valence-electron chi connectivity index (χ2n) is 3.64. The summed E-state index contributed by atoms with van der Waals surface area (Å²) in [4.78, 5) is 31.0. The van der Waals surface area contributed by atoms with Crippen LogP contribution in [-0.2, 0) is 9.59 Å². The molecule has 21 heavy (non-hydrogen) atoms. The van der Waals surface area contributed by atoms with Gasteiger partial charge < -0.3 is 15.3 Å². The molecule has 3 N–H and O–H groups in total. The Morgan fingerprint density at radius 2 is 1.71 bits per heavy atom. The zero-order valence-electron chi connectivity index (χ0n) is 10.3. The molecule has 110 valence electrons. The number of nitro groups is 1. The summed E-state index contributed by atoms with van der Waals surface area (Å²) in [6, 6.07) is 4.70. The van der Waals surface area contributed by atoms with Crippen LogP contribution in [0, 0.1) is 10.1 Å². The van der Waals surface area contributed by atoms with Crippen LogP contribution < -0.4 is 0 Å². The highest BCUT2D eigenvalue weighted by Crippen LogP contribution is 2.19. The number of rotatable bonds is 6. The lowest BCUT2D eigenvalue weighted by Crippen LogP contribution is -2.06. The number of nitrogens with zero attached hydrogens (tertiary/aromatic N) is 3. The van der Waals surface area contributed by atoms with Crippen molar-refractivity contribution in [3.63, 3.8) is 0 Å². The predicted octanol–water partition coefficient (Wildman–Crippen LogP) is 2.01. The van der Waals surface area contributed by atoms with Gasteiger partial charge in [-0.15, -0.1) is 5.11 Å². The predicted molar refractivity (Wildman–Crippen MR) is 67.2 cm³/mol. The van der Waals surface area contributed by atoms with Crippen molar-refractivity contribution in [2.45, 2.75) is 6.42 Å². The van der Waals surface area contributed by atoms with Crippen LogP contribution in [-0.4, -0.2) is 32.2 Å². The maximum Gasteiger partial charge on any atom is 0.359 e. The van der Waals surface area contributed by atoms with Gasteiger partial charge in [0, 0.05) is 12.1 Å². The normalized spacial score (nSPS) is 12.0. The number of azo groups is 1. The minimum absolute atomic E-state index is 0.0995. The highest BCUT2D eigenvalue weighted by Gasteiger charge is 2.16. The fraction of sp³-hybridized carbons (Fsp3) is 0.0909. The van der Waals surface area contributed by atoms with Gasteiger partial charge in [-0.05, 0) is 12.1 Å². The topological polar surface area (TPSA) is 163 Å². The van der Waals surface area contributed by atoms with E-state index in [9.17, 15) is 24.8 Å². The lowest BCUT2D eigenvalue weighted by molar-refractivity contribution is -0.384. The Balaban J connectivity index is 3.01. The molecule has 0 heterocycles. The summed E-state index contributed by atoms with van der Waals surface area (Å²) in [6.07, 6.45) is -0.916. The van der Waals surface area contributed by atoms with Gasteiger partial charge in [-0.1, -0.05) is 0 Å². The molecule has 0 radical (unpaired) electrons. The van der Waals surface area contributed by atoms with Crippen molar-refractivity contribution in [3.05, 3.63) is 45.8 Å². The largest absolute Gasteiger partial charge is 0.509 e. The van der Waals surface area contributed by atoms with Crippen molar-refractivity contribution in [1.82, 2.24) is 0 Å². The molecule has 0 saturated carbocycles. The SMILES string of the molecule is O=C(O)CC(O)=C(N=Nc1ccc([N+](=O)[O-])cc1)C(=O)O. The number of hydrogen-bond acceptors (Lipinski definition) is 7. The summed E-state index contributed by atoms with van der Waals surface area (Å²) in [7, 11) is 0. The van der Waals surface area contributed by atoms with E-state index in [1.807, 2.05) is 0 Å². The number of carboxylic acid groups (broad SMARTS) is 2. The Hall–Kier alpha value is -3.30. The summed E-state index contributed by atoms with van der Waals surface area (Å²) in [5.41, 5.74) is -1.00. The number of aliphatic hydroxyl groups excluding tert-OH is 1. The zero-order valence-corrected chi connectivity index (χ0v) is 10.3. The molecule has 0 aliphatic heterocycles. The molecule has 0 fully saturated rings. The van der Waals surface area contributed by atoms with E-state index in [-0.39, 0.29) is 11.4 Å². The first-order valence-corrected chi connectivity index (χ1v) is 5.34. The average Bonchev–Trinajstić information content (AvgIpc) is 2.38. The first-order chi connectivity index (χ1) is 9.81. The lowest BCUT2D eigenvalue weighted by Gasteiger charge is -1.99. The summed E-state index contributed by atoms with van der Waals surface area (Å²) in [5.74, 6) is -4.04. The molecule has 1 aromatic carbocycles. The molecule has 0 amide bonds. The number of hydrogen-bond donors (Lipinski definition) is 3. The number of carboxylic acids is 2. The van der Waals surface area contributed by atoms with E-state index in [2.05, 4.69) is 10.2 Å². The molecule has 1 rings (SSSR count). The van der Waals surface area contributed by atoms with E-state index in [0.29, 0.717) is 0 Å². The maximum absolute atomic E-state index is 10.8. The Bertz CT molecular complexity index is 634. The maximum atomic E-state index is 10.8. The summed E-state index contributed by atoms with van der Waals surface area (Å²) >= 11 is 0. The summed E-state index contributed by atoms with van der Waals surface area (Å²) in [6.45, 7) is 0. The smallest absolute Gasteiger partial charge is 0.359 e. The lowest BCUT2D eigenvalue weighted by atomic mass is 10.3. The van der Waals surface area contributed by atoms with Gasteiger partial charge in [0.2, 0.25) is 5.70 Å². The molecule has 0 bridgehead atoms. The van der Waals surface area contributed by atoms with E-state index in [4.69, 9.17) is 10.2 Å². The van der Waals surface area contributed by atoms with Crippen LogP contribution in [0.2, 0.25) is 0 Å². The average molecular weight is 295 g/mol. The number of non-ortho nitro benzene ring substituents is 1. The van der Waals surface area contributed by atoms with Gasteiger partial charge in [-0.3, -0.25) is 14.9 Å². The molecule has 1 aromatic rings. The van der Waals surface area contributed by atoms with Crippen LogP contribution >= 0.6 is 0 Å². The van der Waals surface area contributed by atoms with Gasteiger partial charge in [0.15, 0.2) is 0 Å². The number of benzene rings is 1. The van der Waals surface area contributed by atoms with Gasteiger partial charge in [-0.2, -0.15) is 5.11 Å². The third kappa shape index (κ3) is 4.70. The minimum atomic E-state index is -1.65. The first-order valence-electron chi connectivity index (χ1n) is 5.34. The van der Waals surface area contributed by atoms with Gasteiger partial charge >= 0.3 is 11.9 Å². The van der Waals surface area contributed by atoms with E-state index < -0.39 is 34.7 Å². The Morgan fingerprint density at radius 1 is 1.14 bits per heavy atom. The number of aliphatic carboxylic acids is 2.